The molecule has 0 amide bonds. The highest BCUT2D eigenvalue weighted by molar-refractivity contribution is 6.31. The fourth-order valence-corrected chi connectivity index (χ4v) is 1.66. The average molecular weight is 223 g/mol. The summed E-state index contributed by atoms with van der Waals surface area (Å²) in [5.74, 6) is 0.0979. The maximum atomic E-state index is 11.5. The minimum atomic E-state index is 0.0979. The van der Waals surface area contributed by atoms with Gasteiger partial charge in [0.05, 0.1) is 0 Å². The lowest BCUT2D eigenvalue weighted by Gasteiger charge is -2.02. The monoisotopic (exact) mass is 222 g/mol. The third-order valence-electron chi connectivity index (χ3n) is 2.02. The van der Waals surface area contributed by atoms with E-state index in [-0.39, 0.29) is 5.78 Å². The molecule has 0 saturated carbocycles. The van der Waals surface area contributed by atoms with Crippen LogP contribution in [0.5, 0.6) is 0 Å². The molecule has 1 nitrogen and oxygen atoms in total. The van der Waals surface area contributed by atoms with Crippen molar-refractivity contribution < 1.29 is 4.79 Å². The Morgan fingerprint density at radius 1 is 1.40 bits per heavy atom. The molecule has 1 rings (SSSR count). The highest BCUT2D eigenvalue weighted by atomic mass is 35.5. The smallest absolute Gasteiger partial charge is 0.160 e. The average Bonchev–Trinajstić information content (AvgIpc) is 2.08. The fourth-order valence-electron chi connectivity index (χ4n) is 1.36. The van der Waals surface area contributed by atoms with Crippen LogP contribution in [0.3, 0.4) is 0 Å². The molecular formula is C13H15ClO. The van der Waals surface area contributed by atoms with Crippen LogP contribution >= 0.6 is 11.6 Å². The molecule has 1 aromatic rings. The Bertz CT molecular complexity index is 401. The number of carbonyl (C=O) groups excluding carboxylic acids is 1. The van der Waals surface area contributed by atoms with Gasteiger partial charge >= 0.3 is 0 Å². The van der Waals surface area contributed by atoms with Crippen molar-refractivity contribution in [3.8, 4) is 0 Å². The first kappa shape index (κ1) is 12.0. The topological polar surface area (TPSA) is 17.1 Å². The lowest BCUT2D eigenvalue weighted by molar-refractivity contribution is -0.114. The van der Waals surface area contributed by atoms with Crippen LogP contribution in [-0.2, 0) is 11.2 Å². The van der Waals surface area contributed by atoms with Gasteiger partial charge in [-0.3, -0.25) is 4.79 Å². The second-order valence-electron chi connectivity index (χ2n) is 3.96. The molecule has 0 aromatic heterocycles. The quantitative estimate of drug-likeness (QED) is 0.713. The predicted molar refractivity (Wildman–Crippen MR) is 64.3 cm³/mol. The number of hydrogen-bond donors (Lipinski definition) is 0. The highest BCUT2D eigenvalue weighted by Crippen LogP contribution is 2.18. The van der Waals surface area contributed by atoms with Crippen molar-refractivity contribution in [1.82, 2.24) is 0 Å². The van der Waals surface area contributed by atoms with Gasteiger partial charge in [0.1, 0.15) is 0 Å². The molecule has 0 unspecified atom stereocenters. The van der Waals surface area contributed by atoms with Gasteiger partial charge in [-0.1, -0.05) is 29.3 Å². The van der Waals surface area contributed by atoms with Gasteiger partial charge in [-0.25, -0.2) is 0 Å². The Kier molecular flexibility index (Phi) is 4.10. The van der Waals surface area contributed by atoms with Gasteiger partial charge in [0.15, 0.2) is 5.78 Å². The maximum absolute atomic E-state index is 11.5. The minimum absolute atomic E-state index is 0.0979. The number of allylic oxidation sites excluding steroid dienone is 2. The number of benzene rings is 1. The van der Waals surface area contributed by atoms with Gasteiger partial charge in [0.25, 0.3) is 0 Å². The van der Waals surface area contributed by atoms with Crippen LogP contribution in [-0.4, -0.2) is 5.78 Å². The van der Waals surface area contributed by atoms with Gasteiger partial charge in [0.2, 0.25) is 0 Å². The Morgan fingerprint density at radius 2 is 2.07 bits per heavy atom. The van der Waals surface area contributed by atoms with Crippen LogP contribution < -0.4 is 0 Å². The van der Waals surface area contributed by atoms with Gasteiger partial charge < -0.3 is 0 Å². The molecule has 15 heavy (non-hydrogen) atoms. The number of halogens is 1. The van der Waals surface area contributed by atoms with Crippen LogP contribution in [0.25, 0.3) is 0 Å². The third kappa shape index (κ3) is 3.88. The van der Waals surface area contributed by atoms with Crippen molar-refractivity contribution in [3.63, 3.8) is 0 Å². The Hall–Kier alpha value is -1.08. The van der Waals surface area contributed by atoms with Crippen molar-refractivity contribution in [2.75, 3.05) is 0 Å². The summed E-state index contributed by atoms with van der Waals surface area (Å²) in [5, 5.41) is 0.672. The molecule has 0 fully saturated rings. The van der Waals surface area contributed by atoms with Crippen molar-refractivity contribution in [2.24, 2.45) is 0 Å². The molecule has 1 aromatic carbocycles. The molecule has 0 spiro atoms. The summed E-state index contributed by atoms with van der Waals surface area (Å²) in [7, 11) is 0. The van der Waals surface area contributed by atoms with Gasteiger partial charge in [0, 0.05) is 11.4 Å². The van der Waals surface area contributed by atoms with E-state index in [1.807, 2.05) is 39.0 Å². The van der Waals surface area contributed by atoms with E-state index in [2.05, 4.69) is 0 Å². The summed E-state index contributed by atoms with van der Waals surface area (Å²) in [6.45, 7) is 5.80. The number of rotatable bonds is 3. The second kappa shape index (κ2) is 5.13. The Labute approximate surface area is 95.8 Å². The lowest BCUT2D eigenvalue weighted by atomic mass is 10.1. The van der Waals surface area contributed by atoms with Crippen LogP contribution in [0.4, 0.5) is 0 Å². The summed E-state index contributed by atoms with van der Waals surface area (Å²) >= 11 is 6.04. The summed E-state index contributed by atoms with van der Waals surface area (Å²) < 4.78 is 0. The molecule has 0 heterocycles. The number of ketones is 1. The zero-order chi connectivity index (χ0) is 11.4. The van der Waals surface area contributed by atoms with Crippen LogP contribution in [0.15, 0.2) is 29.8 Å². The third-order valence-corrected chi connectivity index (χ3v) is 2.37. The predicted octanol–water partition coefficient (Wildman–Crippen LogP) is 3.73. The first-order valence-corrected chi connectivity index (χ1v) is 5.29. The molecule has 0 N–H and O–H groups in total. The standard InChI is InChI=1S/C13H15ClO/c1-9(2)6-12(15)8-11-5-4-10(3)7-13(11)14/h4-7H,8H2,1-3H3. The molecule has 0 bridgehead atoms. The summed E-state index contributed by atoms with van der Waals surface area (Å²) in [5.41, 5.74) is 3.02. The zero-order valence-electron chi connectivity index (χ0n) is 9.30. The van der Waals surface area contributed by atoms with E-state index >= 15 is 0 Å². The SMILES string of the molecule is CC(C)=CC(=O)Cc1ccc(C)cc1Cl. The number of aryl methyl sites for hydroxylation is 1. The van der Waals surface area contributed by atoms with Crippen molar-refractivity contribution in [1.29, 1.82) is 0 Å². The van der Waals surface area contributed by atoms with E-state index in [4.69, 9.17) is 11.6 Å². The van der Waals surface area contributed by atoms with Crippen molar-refractivity contribution in [2.45, 2.75) is 27.2 Å². The minimum Gasteiger partial charge on any atom is -0.294 e. The van der Waals surface area contributed by atoms with E-state index in [0.29, 0.717) is 11.4 Å². The van der Waals surface area contributed by atoms with E-state index in [1.54, 1.807) is 6.08 Å². The van der Waals surface area contributed by atoms with E-state index in [9.17, 15) is 4.79 Å². The molecule has 2 heteroatoms. The normalized spacial score (nSPS) is 9.87. The van der Waals surface area contributed by atoms with Crippen molar-refractivity contribution in [3.05, 3.63) is 46.0 Å². The molecule has 0 aliphatic rings. The first-order valence-electron chi connectivity index (χ1n) is 4.92. The number of carbonyl (C=O) groups is 1. The second-order valence-corrected chi connectivity index (χ2v) is 4.37. The molecule has 80 valence electrons. The summed E-state index contributed by atoms with van der Waals surface area (Å²) in [4.78, 5) is 11.5. The zero-order valence-corrected chi connectivity index (χ0v) is 10.1. The van der Waals surface area contributed by atoms with E-state index < -0.39 is 0 Å². The van der Waals surface area contributed by atoms with E-state index in [0.717, 1.165) is 16.7 Å². The van der Waals surface area contributed by atoms with Crippen LogP contribution in [0.2, 0.25) is 5.02 Å². The Balaban J connectivity index is 2.82. The first-order chi connectivity index (χ1) is 6.99. The van der Waals surface area contributed by atoms with Gasteiger partial charge in [-0.2, -0.15) is 0 Å². The molecule has 0 aliphatic carbocycles. The van der Waals surface area contributed by atoms with Gasteiger partial charge in [-0.15, -0.1) is 0 Å². The molecule has 0 aliphatic heterocycles. The largest absolute Gasteiger partial charge is 0.294 e. The van der Waals surface area contributed by atoms with E-state index in [1.165, 1.54) is 0 Å². The fraction of sp³-hybridized carbons (Fsp3) is 0.308. The highest BCUT2D eigenvalue weighted by Gasteiger charge is 2.04. The number of hydrogen-bond acceptors (Lipinski definition) is 1. The summed E-state index contributed by atoms with van der Waals surface area (Å²) in [6.07, 6.45) is 2.03. The van der Waals surface area contributed by atoms with Gasteiger partial charge in [-0.05, 0) is 44.0 Å². The van der Waals surface area contributed by atoms with Crippen molar-refractivity contribution >= 4 is 17.4 Å². The van der Waals surface area contributed by atoms with Crippen LogP contribution in [0.1, 0.15) is 25.0 Å². The molecule has 0 saturated heterocycles. The van der Waals surface area contributed by atoms with Crippen LogP contribution in [0, 0.1) is 6.92 Å². The Morgan fingerprint density at radius 3 is 2.60 bits per heavy atom. The molecule has 0 radical (unpaired) electrons. The lowest BCUT2D eigenvalue weighted by Crippen LogP contribution is -2.00. The molecule has 0 atom stereocenters. The maximum Gasteiger partial charge on any atom is 0.160 e. The summed E-state index contributed by atoms with van der Waals surface area (Å²) in [6, 6.07) is 5.76. The molecular weight excluding hydrogens is 208 g/mol.